The molecule has 0 saturated heterocycles. The van der Waals surface area contributed by atoms with Gasteiger partial charge in [-0.3, -0.25) is 0 Å². The monoisotopic (exact) mass is 277 g/mol. The maximum atomic E-state index is 11.8. The Morgan fingerprint density at radius 3 is 2.71 bits per heavy atom. The second-order valence-electron chi connectivity index (χ2n) is 3.17. The van der Waals surface area contributed by atoms with Gasteiger partial charge < -0.3 is 10.9 Å². The van der Waals surface area contributed by atoms with E-state index in [1.54, 1.807) is 12.1 Å². The van der Waals surface area contributed by atoms with E-state index in [1.165, 1.54) is 12.1 Å². The minimum Gasteiger partial charge on any atom is -0.409 e. The summed E-state index contributed by atoms with van der Waals surface area (Å²) in [5, 5.41) is 11.2. The number of oxime groups is 1. The molecule has 0 aliphatic heterocycles. The molecule has 0 aromatic heterocycles. The minimum absolute atomic E-state index is 0.00109. The van der Waals surface area contributed by atoms with Crippen molar-refractivity contribution >= 4 is 27.5 Å². The third kappa shape index (κ3) is 3.88. The summed E-state index contributed by atoms with van der Waals surface area (Å²) in [6.07, 6.45) is 0.111. The molecule has 94 valence electrons. The van der Waals surface area contributed by atoms with E-state index in [0.29, 0.717) is 0 Å². The standard InChI is InChI=1S/C9H12ClN3O3S/c10-7-3-1-2-4-8(7)17(15,16)12-6-5-9(11)13-14/h1-4,12,14H,5-6H2,(H2,11,13). The number of rotatable bonds is 5. The number of nitrogens with two attached hydrogens (primary N) is 1. The predicted octanol–water partition coefficient (Wildman–Crippen LogP) is 0.755. The Bertz CT molecular complexity index is 516. The van der Waals surface area contributed by atoms with Gasteiger partial charge in [-0.2, -0.15) is 0 Å². The van der Waals surface area contributed by atoms with Crippen molar-refractivity contribution < 1.29 is 13.6 Å². The lowest BCUT2D eigenvalue weighted by Crippen LogP contribution is -2.28. The minimum atomic E-state index is -3.67. The smallest absolute Gasteiger partial charge is 0.242 e. The van der Waals surface area contributed by atoms with Gasteiger partial charge in [-0.1, -0.05) is 28.9 Å². The van der Waals surface area contributed by atoms with Gasteiger partial charge in [0.25, 0.3) is 0 Å². The molecule has 0 unspecified atom stereocenters. The Hall–Kier alpha value is -1.31. The average Bonchev–Trinajstić information content (AvgIpc) is 2.28. The zero-order chi connectivity index (χ0) is 12.9. The highest BCUT2D eigenvalue weighted by atomic mass is 35.5. The van der Waals surface area contributed by atoms with Gasteiger partial charge in [0.1, 0.15) is 10.7 Å². The third-order valence-corrected chi connectivity index (χ3v) is 3.89. The van der Waals surface area contributed by atoms with Crippen LogP contribution in [0.4, 0.5) is 0 Å². The summed E-state index contributed by atoms with van der Waals surface area (Å²) < 4.78 is 25.9. The van der Waals surface area contributed by atoms with Crippen LogP contribution in [0.2, 0.25) is 5.02 Å². The molecule has 8 heteroatoms. The van der Waals surface area contributed by atoms with Gasteiger partial charge in [-0.25, -0.2) is 13.1 Å². The molecule has 0 aliphatic carbocycles. The summed E-state index contributed by atoms with van der Waals surface area (Å²) in [5.41, 5.74) is 5.21. The molecule has 17 heavy (non-hydrogen) atoms. The first-order valence-electron chi connectivity index (χ1n) is 4.68. The van der Waals surface area contributed by atoms with Crippen LogP contribution in [0.3, 0.4) is 0 Å². The van der Waals surface area contributed by atoms with Crippen LogP contribution in [0.1, 0.15) is 6.42 Å². The lowest BCUT2D eigenvalue weighted by atomic mass is 10.4. The first-order chi connectivity index (χ1) is 7.97. The summed E-state index contributed by atoms with van der Waals surface area (Å²) >= 11 is 5.77. The van der Waals surface area contributed by atoms with Crippen LogP contribution >= 0.6 is 11.6 Å². The summed E-state index contributed by atoms with van der Waals surface area (Å²) in [6.45, 7) is 0.0312. The maximum absolute atomic E-state index is 11.8. The molecule has 0 saturated carbocycles. The van der Waals surface area contributed by atoms with E-state index in [1.807, 2.05) is 0 Å². The van der Waals surface area contributed by atoms with Gasteiger partial charge >= 0.3 is 0 Å². The Morgan fingerprint density at radius 1 is 1.47 bits per heavy atom. The highest BCUT2D eigenvalue weighted by Crippen LogP contribution is 2.19. The fourth-order valence-corrected chi connectivity index (χ4v) is 2.65. The van der Waals surface area contributed by atoms with E-state index < -0.39 is 10.0 Å². The largest absolute Gasteiger partial charge is 0.409 e. The number of hydrogen-bond acceptors (Lipinski definition) is 4. The molecular weight excluding hydrogens is 266 g/mol. The summed E-state index contributed by atoms with van der Waals surface area (Å²) in [4.78, 5) is 0.00109. The molecule has 0 bridgehead atoms. The first-order valence-corrected chi connectivity index (χ1v) is 6.54. The molecule has 0 heterocycles. The molecule has 1 aromatic rings. The van der Waals surface area contributed by atoms with Crippen LogP contribution in [0.15, 0.2) is 34.3 Å². The number of amidine groups is 1. The molecule has 1 rings (SSSR count). The number of nitrogens with one attached hydrogen (secondary N) is 1. The average molecular weight is 278 g/mol. The number of nitrogens with zero attached hydrogens (tertiary/aromatic N) is 1. The lowest BCUT2D eigenvalue weighted by Gasteiger charge is -2.07. The lowest BCUT2D eigenvalue weighted by molar-refractivity contribution is 0.317. The molecule has 0 radical (unpaired) electrons. The molecule has 4 N–H and O–H groups in total. The van der Waals surface area contributed by atoms with E-state index in [9.17, 15) is 8.42 Å². The first kappa shape index (κ1) is 13.8. The van der Waals surface area contributed by atoms with Gasteiger partial charge in [-0.15, -0.1) is 0 Å². The fourth-order valence-electron chi connectivity index (χ4n) is 1.10. The van der Waals surface area contributed by atoms with Gasteiger partial charge in [0, 0.05) is 13.0 Å². The van der Waals surface area contributed by atoms with Crippen molar-refractivity contribution in [3.63, 3.8) is 0 Å². The van der Waals surface area contributed by atoms with E-state index >= 15 is 0 Å². The van der Waals surface area contributed by atoms with Crippen molar-refractivity contribution in [1.29, 1.82) is 0 Å². The molecule has 0 amide bonds. The molecular formula is C9H12ClN3O3S. The number of benzene rings is 1. The van der Waals surface area contributed by atoms with Crippen molar-refractivity contribution in [2.45, 2.75) is 11.3 Å². The molecule has 0 atom stereocenters. The zero-order valence-electron chi connectivity index (χ0n) is 8.80. The Kier molecular flexibility index (Phi) is 4.73. The van der Waals surface area contributed by atoms with E-state index in [4.69, 9.17) is 22.5 Å². The van der Waals surface area contributed by atoms with Crippen molar-refractivity contribution in [2.75, 3.05) is 6.54 Å². The number of hydrogen-bond donors (Lipinski definition) is 3. The Labute approximate surface area is 104 Å². The molecule has 6 nitrogen and oxygen atoms in total. The van der Waals surface area contributed by atoms with Crippen molar-refractivity contribution in [2.24, 2.45) is 10.9 Å². The van der Waals surface area contributed by atoms with Crippen molar-refractivity contribution in [1.82, 2.24) is 4.72 Å². The predicted molar refractivity (Wildman–Crippen MR) is 64.7 cm³/mol. The van der Waals surface area contributed by atoms with Crippen LogP contribution in [-0.4, -0.2) is 26.0 Å². The van der Waals surface area contributed by atoms with Gasteiger partial charge in [-0.05, 0) is 12.1 Å². The van der Waals surface area contributed by atoms with Crippen LogP contribution in [0.5, 0.6) is 0 Å². The van der Waals surface area contributed by atoms with E-state index in [-0.39, 0.29) is 28.7 Å². The number of sulfonamides is 1. The highest BCUT2D eigenvalue weighted by molar-refractivity contribution is 7.89. The topological polar surface area (TPSA) is 105 Å². The van der Waals surface area contributed by atoms with E-state index in [0.717, 1.165) is 0 Å². The normalized spacial score (nSPS) is 12.6. The van der Waals surface area contributed by atoms with Crippen LogP contribution in [-0.2, 0) is 10.0 Å². The van der Waals surface area contributed by atoms with Crippen LogP contribution in [0.25, 0.3) is 0 Å². The van der Waals surface area contributed by atoms with Gasteiger partial charge in [0.15, 0.2) is 0 Å². The fraction of sp³-hybridized carbons (Fsp3) is 0.222. The third-order valence-electron chi connectivity index (χ3n) is 1.93. The molecule has 0 fully saturated rings. The van der Waals surface area contributed by atoms with Crippen molar-refractivity contribution in [3.05, 3.63) is 29.3 Å². The summed E-state index contributed by atoms with van der Waals surface area (Å²) in [7, 11) is -3.67. The second kappa shape index (κ2) is 5.85. The van der Waals surface area contributed by atoms with Gasteiger partial charge in [0.05, 0.1) is 5.02 Å². The zero-order valence-corrected chi connectivity index (χ0v) is 10.4. The SMILES string of the molecule is NC(CCNS(=O)(=O)c1ccccc1Cl)=NO. The summed E-state index contributed by atoms with van der Waals surface area (Å²) in [6, 6.07) is 6.09. The number of halogens is 1. The van der Waals surface area contributed by atoms with Gasteiger partial charge in [0.2, 0.25) is 10.0 Å². The van der Waals surface area contributed by atoms with E-state index in [2.05, 4.69) is 9.88 Å². The highest BCUT2D eigenvalue weighted by Gasteiger charge is 2.16. The molecule has 1 aromatic carbocycles. The maximum Gasteiger partial charge on any atom is 0.242 e. The quantitative estimate of drug-likeness (QED) is 0.320. The molecule has 0 aliphatic rings. The summed E-state index contributed by atoms with van der Waals surface area (Å²) in [5.74, 6) is -0.0492. The van der Waals surface area contributed by atoms with Crippen molar-refractivity contribution in [3.8, 4) is 0 Å². The second-order valence-corrected chi connectivity index (χ2v) is 5.31. The Morgan fingerprint density at radius 2 is 2.12 bits per heavy atom. The van der Waals surface area contributed by atoms with Crippen LogP contribution < -0.4 is 10.5 Å². The van der Waals surface area contributed by atoms with Crippen LogP contribution in [0, 0.1) is 0 Å². The Balaban J connectivity index is 2.74. The molecule has 0 spiro atoms.